The van der Waals surface area contributed by atoms with Crippen molar-refractivity contribution in [2.24, 2.45) is 0 Å². The molecule has 1 aromatic heterocycles. The second-order valence-electron chi connectivity index (χ2n) is 5.20. The Morgan fingerprint density at radius 1 is 1.20 bits per heavy atom. The normalized spacial score (nSPS) is 11.2. The summed E-state index contributed by atoms with van der Waals surface area (Å²) >= 11 is 0. The van der Waals surface area contributed by atoms with E-state index in [9.17, 15) is 9.59 Å². The molecule has 0 aliphatic rings. The van der Waals surface area contributed by atoms with E-state index < -0.39 is 14.5 Å². The van der Waals surface area contributed by atoms with Gasteiger partial charge in [-0.05, 0) is 31.8 Å². The number of nitrogens with zero attached hydrogens (tertiary/aromatic N) is 1. The van der Waals surface area contributed by atoms with E-state index in [1.165, 1.54) is 10.7 Å². The maximum absolute atomic E-state index is 11.8. The monoisotopic (exact) mass is 292 g/mol. The lowest BCUT2D eigenvalue weighted by molar-refractivity contribution is 0.148. The molecule has 0 unspecified atom stereocenters. The van der Waals surface area contributed by atoms with Crippen LogP contribution >= 0.6 is 0 Å². The second kappa shape index (κ2) is 5.38. The van der Waals surface area contributed by atoms with Crippen LogP contribution in [-0.2, 0) is 4.43 Å². The Bertz CT molecular complexity index is 655. The molecular weight excluding hydrogens is 276 g/mol. The molecule has 1 heterocycles. The highest BCUT2D eigenvalue weighted by Crippen LogP contribution is 2.10. The largest absolute Gasteiger partial charge is 0.501 e. The van der Waals surface area contributed by atoms with E-state index in [0.717, 1.165) is 0 Å². The van der Waals surface area contributed by atoms with Gasteiger partial charge in [0.15, 0.2) is 0 Å². The topological polar surface area (TPSA) is 73.3 Å². The van der Waals surface area contributed by atoms with Crippen molar-refractivity contribution in [3.8, 4) is 11.6 Å². The van der Waals surface area contributed by atoms with Gasteiger partial charge < -0.3 is 9.16 Å². The lowest BCUT2D eigenvalue weighted by Crippen LogP contribution is -2.30. The van der Waals surface area contributed by atoms with E-state index in [1.807, 2.05) is 37.8 Å². The Kier molecular flexibility index (Phi) is 3.80. The van der Waals surface area contributed by atoms with Crippen LogP contribution in [0.25, 0.3) is 5.69 Å². The number of carbonyl (C=O) groups excluding carboxylic acids is 1. The molecule has 0 aliphatic heterocycles. The molecule has 0 aliphatic carbocycles. The van der Waals surface area contributed by atoms with Crippen molar-refractivity contribution in [1.82, 2.24) is 9.78 Å². The summed E-state index contributed by atoms with van der Waals surface area (Å²) in [5.41, 5.74) is 0.345. The summed E-state index contributed by atoms with van der Waals surface area (Å²) in [6.45, 7) is 5.60. The van der Waals surface area contributed by atoms with Gasteiger partial charge in [0.1, 0.15) is 0 Å². The highest BCUT2D eigenvalue weighted by molar-refractivity contribution is 6.71. The lowest BCUT2D eigenvalue weighted by Gasteiger charge is -2.15. The average Bonchev–Trinajstić information content (AvgIpc) is 2.68. The fraction of sp³-hybridized carbons (Fsp3) is 0.231. The van der Waals surface area contributed by atoms with Gasteiger partial charge in [-0.3, -0.25) is 9.89 Å². The molecular formula is C13H16N2O4Si. The van der Waals surface area contributed by atoms with Crippen LogP contribution in [0.4, 0.5) is 4.79 Å². The summed E-state index contributed by atoms with van der Waals surface area (Å²) in [7, 11) is -2.02. The number of aromatic nitrogens is 2. The fourth-order valence-corrected chi connectivity index (χ4v) is 2.10. The number of H-pyrrole nitrogens is 1. The highest BCUT2D eigenvalue weighted by Gasteiger charge is 2.22. The number of hydrogen-bond acceptors (Lipinski definition) is 4. The van der Waals surface area contributed by atoms with E-state index in [0.29, 0.717) is 5.69 Å². The number of nitrogens with one attached hydrogen (secondary N) is 1. The summed E-state index contributed by atoms with van der Waals surface area (Å²) in [6, 6.07) is 10.2. The highest BCUT2D eigenvalue weighted by atomic mass is 28.4. The zero-order chi connectivity index (χ0) is 14.8. The van der Waals surface area contributed by atoms with Crippen LogP contribution in [0.5, 0.6) is 5.88 Å². The molecule has 2 aromatic rings. The minimum absolute atomic E-state index is 0.0575. The number of hydrogen-bond donors (Lipinski definition) is 1. The Balaban J connectivity index is 2.17. The van der Waals surface area contributed by atoms with E-state index in [1.54, 1.807) is 12.1 Å². The van der Waals surface area contributed by atoms with E-state index >= 15 is 0 Å². The van der Waals surface area contributed by atoms with Gasteiger partial charge in [0, 0.05) is 0 Å². The molecule has 7 heteroatoms. The smallest absolute Gasteiger partial charge is 0.489 e. The molecule has 6 nitrogen and oxygen atoms in total. The van der Waals surface area contributed by atoms with Crippen molar-refractivity contribution in [2.45, 2.75) is 19.6 Å². The first kappa shape index (κ1) is 14.1. The van der Waals surface area contributed by atoms with Gasteiger partial charge in [-0.15, -0.1) is 0 Å². The van der Waals surface area contributed by atoms with Gasteiger partial charge in [0.25, 0.3) is 13.9 Å². The number of rotatable bonds is 3. The Morgan fingerprint density at radius 2 is 1.85 bits per heavy atom. The van der Waals surface area contributed by atoms with Crippen molar-refractivity contribution >= 4 is 14.5 Å². The van der Waals surface area contributed by atoms with Crippen LogP contribution < -0.4 is 10.3 Å². The van der Waals surface area contributed by atoms with Gasteiger partial charge in [-0.25, -0.2) is 9.48 Å². The Hall–Kier alpha value is -2.28. The number of carbonyl (C=O) groups is 1. The summed E-state index contributed by atoms with van der Waals surface area (Å²) < 4.78 is 11.4. The van der Waals surface area contributed by atoms with Crippen LogP contribution in [0, 0.1) is 0 Å². The molecule has 20 heavy (non-hydrogen) atoms. The molecule has 0 fully saturated rings. The van der Waals surface area contributed by atoms with Crippen LogP contribution in [0.2, 0.25) is 19.6 Å². The maximum atomic E-state index is 11.8. The standard InChI is InChI=1S/C13H16N2O4Si/c1-20(2,3)19-13(17)18-11-9-12(16)15(14-11)10-7-5-4-6-8-10/h4-9,14H,1-3H3. The van der Waals surface area contributed by atoms with Gasteiger partial charge >= 0.3 is 6.16 Å². The lowest BCUT2D eigenvalue weighted by atomic mass is 10.3. The van der Waals surface area contributed by atoms with Gasteiger partial charge in [0.2, 0.25) is 5.88 Å². The third-order valence-electron chi connectivity index (χ3n) is 2.29. The third kappa shape index (κ3) is 3.61. The Labute approximate surface area is 117 Å². The molecule has 0 radical (unpaired) electrons. The molecule has 2 rings (SSSR count). The summed E-state index contributed by atoms with van der Waals surface area (Å²) in [5, 5.41) is 2.71. The quantitative estimate of drug-likeness (QED) is 0.697. The second-order valence-corrected chi connectivity index (χ2v) is 9.62. The third-order valence-corrected chi connectivity index (χ3v) is 3.07. The van der Waals surface area contributed by atoms with Crippen LogP contribution in [0.3, 0.4) is 0 Å². The van der Waals surface area contributed by atoms with Crippen LogP contribution in [-0.4, -0.2) is 24.3 Å². The molecule has 1 N–H and O–H groups in total. The summed E-state index contributed by atoms with van der Waals surface area (Å²) in [6.07, 6.45) is -0.800. The number of para-hydroxylation sites is 1. The van der Waals surface area contributed by atoms with Crippen LogP contribution in [0.15, 0.2) is 41.2 Å². The average molecular weight is 292 g/mol. The maximum Gasteiger partial charge on any atom is 0.501 e. The first-order chi connectivity index (χ1) is 9.35. The molecule has 0 saturated heterocycles. The molecule has 0 bridgehead atoms. The zero-order valence-corrected chi connectivity index (χ0v) is 12.5. The minimum Gasteiger partial charge on any atom is -0.489 e. The van der Waals surface area contributed by atoms with Crippen molar-refractivity contribution in [3.63, 3.8) is 0 Å². The Morgan fingerprint density at radius 3 is 2.45 bits per heavy atom. The summed E-state index contributed by atoms with van der Waals surface area (Å²) in [5.74, 6) is 0.0575. The molecule has 0 saturated carbocycles. The van der Waals surface area contributed by atoms with E-state index in [4.69, 9.17) is 9.16 Å². The van der Waals surface area contributed by atoms with Gasteiger partial charge in [0.05, 0.1) is 11.8 Å². The molecule has 0 atom stereocenters. The van der Waals surface area contributed by atoms with Crippen molar-refractivity contribution < 1.29 is 14.0 Å². The van der Waals surface area contributed by atoms with Crippen molar-refractivity contribution in [1.29, 1.82) is 0 Å². The number of benzene rings is 1. The predicted octanol–water partition coefficient (Wildman–Crippen LogP) is 2.52. The van der Waals surface area contributed by atoms with Crippen molar-refractivity contribution in [3.05, 3.63) is 46.8 Å². The first-order valence-electron chi connectivity index (χ1n) is 6.13. The first-order valence-corrected chi connectivity index (χ1v) is 9.54. The molecule has 1 aromatic carbocycles. The molecule has 106 valence electrons. The van der Waals surface area contributed by atoms with E-state index in [-0.39, 0.29) is 11.4 Å². The predicted molar refractivity (Wildman–Crippen MR) is 76.8 cm³/mol. The van der Waals surface area contributed by atoms with Gasteiger partial charge in [-0.1, -0.05) is 18.2 Å². The number of ether oxygens (including phenoxy) is 1. The van der Waals surface area contributed by atoms with Crippen LogP contribution in [0.1, 0.15) is 0 Å². The SMILES string of the molecule is C[Si](C)(C)OC(=O)Oc1cc(=O)n(-c2ccccc2)[nH]1. The molecule has 0 spiro atoms. The summed E-state index contributed by atoms with van der Waals surface area (Å²) in [4.78, 5) is 23.4. The van der Waals surface area contributed by atoms with Crippen molar-refractivity contribution in [2.75, 3.05) is 0 Å². The fourth-order valence-electron chi connectivity index (χ4n) is 1.56. The minimum atomic E-state index is -2.02. The van der Waals surface area contributed by atoms with Gasteiger partial charge in [-0.2, -0.15) is 0 Å². The zero-order valence-electron chi connectivity index (χ0n) is 11.5. The number of aromatic amines is 1. The van der Waals surface area contributed by atoms with E-state index in [2.05, 4.69) is 5.10 Å². The molecule has 0 amide bonds.